The number of ether oxygens (including phenoxy) is 1. The van der Waals surface area contributed by atoms with E-state index in [0.29, 0.717) is 0 Å². The van der Waals surface area contributed by atoms with Gasteiger partial charge < -0.3 is 4.74 Å². The first-order chi connectivity index (χ1) is 5.77. The van der Waals surface area contributed by atoms with Gasteiger partial charge in [-0.25, -0.2) is 0 Å². The van der Waals surface area contributed by atoms with Crippen LogP contribution in [-0.2, 0) is 4.74 Å². The first kappa shape index (κ1) is 9.79. The number of hydrogen-bond acceptors (Lipinski definition) is 1. The van der Waals surface area contributed by atoms with E-state index in [1.54, 1.807) is 7.11 Å². The predicted molar refractivity (Wildman–Crippen MR) is 52.1 cm³/mol. The zero-order valence-corrected chi connectivity index (χ0v) is 8.31. The Bertz CT molecular complexity index is 151. The van der Waals surface area contributed by atoms with E-state index in [4.69, 9.17) is 4.74 Å². The monoisotopic (exact) mass is 168 g/mol. The van der Waals surface area contributed by atoms with E-state index in [0.717, 1.165) is 18.4 Å². The first-order valence-corrected chi connectivity index (χ1v) is 4.93. The molecule has 2 unspecified atom stereocenters. The predicted octanol–water partition coefficient (Wildman–Crippen LogP) is 3.02. The van der Waals surface area contributed by atoms with Crippen LogP contribution in [0.5, 0.6) is 0 Å². The third-order valence-electron chi connectivity index (χ3n) is 2.63. The molecule has 2 atom stereocenters. The van der Waals surface area contributed by atoms with Crippen LogP contribution in [0.1, 0.15) is 32.6 Å². The summed E-state index contributed by atoms with van der Waals surface area (Å²) in [4.78, 5) is 0. The molecule has 1 fully saturated rings. The average molecular weight is 168 g/mol. The van der Waals surface area contributed by atoms with Crippen LogP contribution in [-0.4, -0.2) is 13.7 Å². The van der Waals surface area contributed by atoms with E-state index in [2.05, 4.69) is 13.5 Å². The SMILES string of the molecule is C=C(COC)CC1CC1CCC. The van der Waals surface area contributed by atoms with Gasteiger partial charge in [-0.1, -0.05) is 31.9 Å². The summed E-state index contributed by atoms with van der Waals surface area (Å²) in [5, 5.41) is 0. The van der Waals surface area contributed by atoms with Crippen LogP contribution < -0.4 is 0 Å². The maximum Gasteiger partial charge on any atom is 0.0670 e. The molecule has 0 heterocycles. The molecular weight excluding hydrogens is 148 g/mol. The van der Waals surface area contributed by atoms with Crippen molar-refractivity contribution in [3.05, 3.63) is 12.2 Å². The van der Waals surface area contributed by atoms with Gasteiger partial charge in [0.1, 0.15) is 0 Å². The van der Waals surface area contributed by atoms with Gasteiger partial charge in [0.05, 0.1) is 6.61 Å². The normalized spacial score (nSPS) is 27.2. The van der Waals surface area contributed by atoms with Crippen LogP contribution in [0.25, 0.3) is 0 Å². The minimum atomic E-state index is 0.745. The summed E-state index contributed by atoms with van der Waals surface area (Å²) < 4.78 is 5.03. The van der Waals surface area contributed by atoms with Gasteiger partial charge in [0.25, 0.3) is 0 Å². The van der Waals surface area contributed by atoms with E-state index in [9.17, 15) is 0 Å². The molecule has 12 heavy (non-hydrogen) atoms. The lowest BCUT2D eigenvalue weighted by molar-refractivity contribution is 0.222. The van der Waals surface area contributed by atoms with Crippen molar-refractivity contribution in [2.24, 2.45) is 11.8 Å². The summed E-state index contributed by atoms with van der Waals surface area (Å²) in [7, 11) is 1.74. The van der Waals surface area contributed by atoms with Crippen molar-refractivity contribution in [1.82, 2.24) is 0 Å². The zero-order valence-electron chi connectivity index (χ0n) is 8.31. The van der Waals surface area contributed by atoms with Crippen molar-refractivity contribution in [3.63, 3.8) is 0 Å². The Morgan fingerprint density at radius 3 is 2.83 bits per heavy atom. The molecule has 0 amide bonds. The lowest BCUT2D eigenvalue weighted by Gasteiger charge is -2.02. The molecule has 0 aromatic heterocycles. The molecule has 0 radical (unpaired) electrons. The summed E-state index contributed by atoms with van der Waals surface area (Å²) in [6, 6.07) is 0. The summed E-state index contributed by atoms with van der Waals surface area (Å²) in [5.74, 6) is 1.94. The molecule has 0 aromatic rings. The largest absolute Gasteiger partial charge is 0.380 e. The van der Waals surface area contributed by atoms with Gasteiger partial charge in [-0.05, 0) is 24.7 Å². The van der Waals surface area contributed by atoms with Crippen molar-refractivity contribution in [3.8, 4) is 0 Å². The molecule has 0 aliphatic heterocycles. The molecule has 1 heteroatoms. The van der Waals surface area contributed by atoms with E-state index in [1.807, 2.05) is 0 Å². The highest BCUT2D eigenvalue weighted by atomic mass is 16.5. The Morgan fingerprint density at radius 2 is 2.25 bits per heavy atom. The second-order valence-electron chi connectivity index (χ2n) is 3.93. The van der Waals surface area contributed by atoms with Crippen molar-refractivity contribution in [2.75, 3.05) is 13.7 Å². The molecule has 1 saturated carbocycles. The van der Waals surface area contributed by atoms with Crippen molar-refractivity contribution in [2.45, 2.75) is 32.6 Å². The summed E-state index contributed by atoms with van der Waals surface area (Å²) in [6.07, 6.45) is 5.36. The van der Waals surface area contributed by atoms with E-state index < -0.39 is 0 Å². The van der Waals surface area contributed by atoms with Gasteiger partial charge in [0.15, 0.2) is 0 Å². The maximum absolute atomic E-state index is 5.03. The maximum atomic E-state index is 5.03. The quantitative estimate of drug-likeness (QED) is 0.554. The fourth-order valence-corrected chi connectivity index (χ4v) is 1.92. The third kappa shape index (κ3) is 2.98. The van der Waals surface area contributed by atoms with Crippen molar-refractivity contribution in [1.29, 1.82) is 0 Å². The summed E-state index contributed by atoms with van der Waals surface area (Å²) >= 11 is 0. The van der Waals surface area contributed by atoms with Crippen LogP contribution in [0, 0.1) is 11.8 Å². The highest BCUT2D eigenvalue weighted by Crippen LogP contribution is 2.45. The lowest BCUT2D eigenvalue weighted by atomic mass is 10.1. The van der Waals surface area contributed by atoms with Crippen LogP contribution in [0.15, 0.2) is 12.2 Å². The zero-order chi connectivity index (χ0) is 8.97. The molecule has 1 aliphatic carbocycles. The van der Waals surface area contributed by atoms with Crippen molar-refractivity contribution >= 4 is 0 Å². The molecule has 1 rings (SSSR count). The van der Waals surface area contributed by atoms with Gasteiger partial charge in [-0.15, -0.1) is 0 Å². The number of hydrogen-bond donors (Lipinski definition) is 0. The molecule has 0 N–H and O–H groups in total. The van der Waals surface area contributed by atoms with Gasteiger partial charge in [-0.3, -0.25) is 0 Å². The molecule has 0 aromatic carbocycles. The Morgan fingerprint density at radius 1 is 1.50 bits per heavy atom. The average Bonchev–Trinajstić information content (AvgIpc) is 2.69. The van der Waals surface area contributed by atoms with Crippen molar-refractivity contribution < 1.29 is 4.74 Å². The lowest BCUT2D eigenvalue weighted by Crippen LogP contribution is -1.94. The minimum absolute atomic E-state index is 0.745. The Balaban J connectivity index is 2.06. The van der Waals surface area contributed by atoms with Gasteiger partial charge in [0.2, 0.25) is 0 Å². The molecule has 1 aliphatic rings. The van der Waals surface area contributed by atoms with Gasteiger partial charge >= 0.3 is 0 Å². The summed E-state index contributed by atoms with van der Waals surface area (Å²) in [5.41, 5.74) is 1.26. The second kappa shape index (κ2) is 4.66. The first-order valence-electron chi connectivity index (χ1n) is 4.93. The minimum Gasteiger partial charge on any atom is -0.380 e. The highest BCUT2D eigenvalue weighted by molar-refractivity contribution is 5.02. The van der Waals surface area contributed by atoms with Gasteiger partial charge in [0, 0.05) is 7.11 Å². The van der Waals surface area contributed by atoms with Gasteiger partial charge in [-0.2, -0.15) is 0 Å². The smallest absolute Gasteiger partial charge is 0.0670 e. The van der Waals surface area contributed by atoms with E-state index in [-0.39, 0.29) is 0 Å². The molecule has 0 bridgehead atoms. The number of rotatable bonds is 6. The Kier molecular flexibility index (Phi) is 3.80. The number of methoxy groups -OCH3 is 1. The second-order valence-corrected chi connectivity index (χ2v) is 3.93. The fraction of sp³-hybridized carbons (Fsp3) is 0.818. The summed E-state index contributed by atoms with van der Waals surface area (Å²) in [6.45, 7) is 7.00. The molecular formula is C11H20O. The molecule has 1 nitrogen and oxygen atoms in total. The van der Waals surface area contributed by atoms with E-state index in [1.165, 1.54) is 31.3 Å². The third-order valence-corrected chi connectivity index (χ3v) is 2.63. The fourth-order valence-electron chi connectivity index (χ4n) is 1.92. The Labute approximate surface area is 75.8 Å². The highest BCUT2D eigenvalue weighted by Gasteiger charge is 2.35. The topological polar surface area (TPSA) is 9.23 Å². The molecule has 70 valence electrons. The standard InChI is InChI=1S/C11H20O/c1-4-5-10-7-11(10)6-9(2)8-12-3/h10-11H,2,4-8H2,1,3H3. The van der Waals surface area contributed by atoms with Crippen LogP contribution >= 0.6 is 0 Å². The molecule has 0 spiro atoms. The van der Waals surface area contributed by atoms with Crippen LogP contribution in [0.2, 0.25) is 0 Å². The molecule has 0 saturated heterocycles. The Hall–Kier alpha value is -0.300. The van der Waals surface area contributed by atoms with Crippen LogP contribution in [0.4, 0.5) is 0 Å². The van der Waals surface area contributed by atoms with Crippen LogP contribution in [0.3, 0.4) is 0 Å². The van der Waals surface area contributed by atoms with E-state index >= 15 is 0 Å².